The van der Waals surface area contributed by atoms with Crippen molar-refractivity contribution in [1.29, 1.82) is 0 Å². The van der Waals surface area contributed by atoms with Crippen LogP contribution in [-0.4, -0.2) is 16.1 Å². The molecule has 1 rings (SSSR count). The van der Waals surface area contributed by atoms with Gasteiger partial charge >= 0.3 is 0 Å². The molecule has 2 heteroatoms. The zero-order chi connectivity index (χ0) is 15.2. The van der Waals surface area contributed by atoms with Gasteiger partial charge in [0.05, 0.1) is 0 Å². The normalized spacial score (nSPS) is 12.3. The van der Waals surface area contributed by atoms with E-state index < -0.39 is 16.1 Å². The second-order valence-corrected chi connectivity index (χ2v) is 19.3. The number of aryl methyl sites for hydroxylation is 1. The number of rotatable bonds is 7. The Labute approximate surface area is 128 Å². The highest BCUT2D eigenvalue weighted by atomic mass is 28.3. The van der Waals surface area contributed by atoms with Crippen molar-refractivity contribution in [3.05, 3.63) is 47.5 Å². The first-order valence-electron chi connectivity index (χ1n) is 7.88. The summed E-state index contributed by atoms with van der Waals surface area (Å²) in [6, 6.07) is 13.6. The fraction of sp³-hybridized carbons (Fsp3) is 0.556. The van der Waals surface area contributed by atoms with Crippen molar-refractivity contribution >= 4 is 16.1 Å². The molecule has 0 unspecified atom stereocenters. The Bertz CT molecular complexity index is 401. The lowest BCUT2D eigenvalue weighted by molar-refractivity contribution is 0.985. The average molecular weight is 305 g/mol. The monoisotopic (exact) mass is 304 g/mol. The third kappa shape index (κ3) is 8.54. The summed E-state index contributed by atoms with van der Waals surface area (Å²) in [4.78, 5) is 0. The molecule has 0 saturated carbocycles. The van der Waals surface area contributed by atoms with Crippen LogP contribution >= 0.6 is 0 Å². The van der Waals surface area contributed by atoms with E-state index in [0.29, 0.717) is 0 Å². The minimum atomic E-state index is -0.995. The molecule has 0 aromatic heterocycles. The maximum Gasteiger partial charge on any atom is 0.0483 e. The molecular formula is C18H32Si2. The summed E-state index contributed by atoms with van der Waals surface area (Å²) < 4.78 is 0. The van der Waals surface area contributed by atoms with E-state index >= 15 is 0 Å². The lowest BCUT2D eigenvalue weighted by Crippen LogP contribution is -2.25. The molecule has 1 aromatic carbocycles. The van der Waals surface area contributed by atoms with Gasteiger partial charge in [-0.2, -0.15) is 0 Å². The van der Waals surface area contributed by atoms with E-state index in [9.17, 15) is 0 Å². The van der Waals surface area contributed by atoms with Gasteiger partial charge in [-0.15, -0.1) is 0 Å². The van der Waals surface area contributed by atoms with Crippen LogP contribution in [0.2, 0.25) is 51.4 Å². The minimum absolute atomic E-state index is 0.995. The molecule has 1 aromatic rings. The Kier molecular flexibility index (Phi) is 6.47. The molecule has 112 valence electrons. The van der Waals surface area contributed by atoms with Crippen LogP contribution in [0.25, 0.3) is 0 Å². The van der Waals surface area contributed by atoms with E-state index in [-0.39, 0.29) is 0 Å². The highest BCUT2D eigenvalue weighted by Gasteiger charge is 2.20. The number of benzene rings is 1. The fourth-order valence-electron chi connectivity index (χ4n) is 2.66. The summed E-state index contributed by atoms with van der Waals surface area (Å²) in [7, 11) is -1.99. The summed E-state index contributed by atoms with van der Waals surface area (Å²) in [5, 5.41) is 0. The number of allylic oxidation sites excluding steroid dienone is 2. The van der Waals surface area contributed by atoms with Gasteiger partial charge in [-0.1, -0.05) is 81.3 Å². The molecule has 0 saturated heterocycles. The van der Waals surface area contributed by atoms with Crippen molar-refractivity contribution < 1.29 is 0 Å². The molecule has 0 aliphatic rings. The molecule has 0 heterocycles. The van der Waals surface area contributed by atoms with E-state index in [4.69, 9.17) is 0 Å². The van der Waals surface area contributed by atoms with Crippen molar-refractivity contribution in [3.63, 3.8) is 0 Å². The molecule has 0 aliphatic carbocycles. The first kappa shape index (κ1) is 17.4. The number of hydrogen-bond acceptors (Lipinski definition) is 0. The van der Waals surface area contributed by atoms with Crippen LogP contribution in [0.1, 0.15) is 12.0 Å². The van der Waals surface area contributed by atoms with E-state index in [1.54, 1.807) is 5.57 Å². The average Bonchev–Trinajstić information content (AvgIpc) is 2.25. The van der Waals surface area contributed by atoms with Gasteiger partial charge in [0.2, 0.25) is 0 Å². The van der Waals surface area contributed by atoms with Gasteiger partial charge in [0, 0.05) is 16.1 Å². The van der Waals surface area contributed by atoms with Crippen molar-refractivity contribution in [2.24, 2.45) is 0 Å². The fourth-order valence-corrected chi connectivity index (χ4v) is 6.17. The molecular weight excluding hydrogens is 272 g/mol. The smallest absolute Gasteiger partial charge is 0.0483 e. The van der Waals surface area contributed by atoms with Crippen molar-refractivity contribution in [2.45, 2.75) is 64.2 Å². The van der Waals surface area contributed by atoms with Gasteiger partial charge in [0.15, 0.2) is 0 Å². The maximum absolute atomic E-state index is 2.56. The quantitative estimate of drug-likeness (QED) is 0.414. The molecule has 0 bridgehead atoms. The highest BCUT2D eigenvalue weighted by Crippen LogP contribution is 2.25. The van der Waals surface area contributed by atoms with E-state index in [0.717, 1.165) is 0 Å². The standard InChI is InChI=1S/C18H32Si2/c1-19(2,3)15-18(16-20(4,5)6)14-10-13-17-11-8-7-9-12-17/h7-9,11-12,14H,10,13,15-16H2,1-6H3. The Balaban J connectivity index is 2.64. The van der Waals surface area contributed by atoms with Crippen molar-refractivity contribution in [3.8, 4) is 0 Å². The van der Waals surface area contributed by atoms with E-state index in [2.05, 4.69) is 75.7 Å². The molecule has 0 atom stereocenters. The van der Waals surface area contributed by atoms with Gasteiger partial charge in [-0.3, -0.25) is 0 Å². The molecule has 0 fully saturated rings. The second kappa shape index (κ2) is 7.42. The van der Waals surface area contributed by atoms with Gasteiger partial charge in [0.1, 0.15) is 0 Å². The third-order valence-electron chi connectivity index (χ3n) is 3.22. The second-order valence-electron chi connectivity index (χ2n) is 8.36. The van der Waals surface area contributed by atoms with Gasteiger partial charge in [-0.25, -0.2) is 0 Å². The van der Waals surface area contributed by atoms with Crippen LogP contribution in [0.5, 0.6) is 0 Å². The predicted molar refractivity (Wildman–Crippen MR) is 99.2 cm³/mol. The van der Waals surface area contributed by atoms with Crippen LogP contribution in [0.3, 0.4) is 0 Å². The summed E-state index contributed by atoms with van der Waals surface area (Å²) in [6.45, 7) is 14.9. The summed E-state index contributed by atoms with van der Waals surface area (Å²) in [6.07, 6.45) is 4.94. The third-order valence-corrected chi connectivity index (χ3v) is 6.25. The Hall–Kier alpha value is -0.606. The summed E-state index contributed by atoms with van der Waals surface area (Å²) >= 11 is 0. The predicted octanol–water partition coefficient (Wildman–Crippen LogP) is 6.22. The molecule has 0 amide bonds. The lowest BCUT2D eigenvalue weighted by Gasteiger charge is -2.24. The summed E-state index contributed by atoms with van der Waals surface area (Å²) in [5.74, 6) is 0. The zero-order valence-electron chi connectivity index (χ0n) is 14.3. The van der Waals surface area contributed by atoms with Crippen LogP contribution in [-0.2, 0) is 6.42 Å². The van der Waals surface area contributed by atoms with Crippen LogP contribution in [0, 0.1) is 0 Å². The molecule has 0 N–H and O–H groups in total. The largest absolute Gasteiger partial charge is 0.0856 e. The molecule has 0 aliphatic heterocycles. The highest BCUT2D eigenvalue weighted by molar-refractivity contribution is 6.78. The minimum Gasteiger partial charge on any atom is -0.0856 e. The molecule has 0 nitrogen and oxygen atoms in total. The van der Waals surface area contributed by atoms with Gasteiger partial charge in [0.25, 0.3) is 0 Å². The van der Waals surface area contributed by atoms with E-state index in [1.165, 1.54) is 30.5 Å². The topological polar surface area (TPSA) is 0 Å². The first-order chi connectivity index (χ1) is 9.16. The van der Waals surface area contributed by atoms with Gasteiger partial charge < -0.3 is 0 Å². The molecule has 0 spiro atoms. The Morgan fingerprint density at radius 3 is 1.80 bits per heavy atom. The molecule has 20 heavy (non-hydrogen) atoms. The first-order valence-corrected chi connectivity index (χ1v) is 15.3. The zero-order valence-corrected chi connectivity index (χ0v) is 16.3. The Morgan fingerprint density at radius 1 is 0.850 bits per heavy atom. The number of hydrogen-bond donors (Lipinski definition) is 0. The van der Waals surface area contributed by atoms with Crippen molar-refractivity contribution in [1.82, 2.24) is 0 Å². The van der Waals surface area contributed by atoms with Crippen LogP contribution in [0.15, 0.2) is 42.0 Å². The lowest BCUT2D eigenvalue weighted by atomic mass is 10.1. The Morgan fingerprint density at radius 2 is 1.35 bits per heavy atom. The van der Waals surface area contributed by atoms with Crippen LogP contribution in [0.4, 0.5) is 0 Å². The van der Waals surface area contributed by atoms with Crippen molar-refractivity contribution in [2.75, 3.05) is 0 Å². The summed E-state index contributed by atoms with van der Waals surface area (Å²) in [5.41, 5.74) is 3.21. The maximum atomic E-state index is 2.56. The molecule has 0 radical (unpaired) electrons. The van der Waals surface area contributed by atoms with Crippen LogP contribution < -0.4 is 0 Å². The van der Waals surface area contributed by atoms with Gasteiger partial charge in [-0.05, 0) is 30.5 Å². The SMILES string of the molecule is C[Si](C)(C)CC(=CCCc1ccccc1)C[Si](C)(C)C. The van der Waals surface area contributed by atoms with E-state index in [1.807, 2.05) is 0 Å².